The molecule has 6 nitrogen and oxygen atoms in total. The standard InChI is InChI=1S/C16H16N4O2S/c1-3-7-22-16(21)11-5-4-6-12(8-11)20-9-13-14(19-20)15(23-2)18-10-17-13/h4-6,8-10H,3,7H2,1-2H3. The third kappa shape index (κ3) is 3.19. The summed E-state index contributed by atoms with van der Waals surface area (Å²) in [7, 11) is 0. The maximum absolute atomic E-state index is 12.0. The first-order chi connectivity index (χ1) is 11.2. The van der Waals surface area contributed by atoms with Crippen molar-refractivity contribution >= 4 is 28.8 Å². The fraction of sp³-hybridized carbons (Fsp3) is 0.250. The SMILES string of the molecule is CCCOC(=O)c1cccc(-n2cc3ncnc(SC)c3n2)c1. The Hall–Kier alpha value is -2.41. The number of nitrogens with zero attached hydrogens (tertiary/aromatic N) is 4. The Morgan fingerprint density at radius 3 is 3.00 bits per heavy atom. The van der Waals surface area contributed by atoms with Crippen molar-refractivity contribution in [3.8, 4) is 5.69 Å². The van der Waals surface area contributed by atoms with Crippen molar-refractivity contribution in [1.29, 1.82) is 0 Å². The lowest BCUT2D eigenvalue weighted by Gasteiger charge is -2.05. The summed E-state index contributed by atoms with van der Waals surface area (Å²) >= 11 is 1.52. The molecule has 0 aliphatic carbocycles. The summed E-state index contributed by atoms with van der Waals surface area (Å²) in [6.45, 7) is 2.38. The molecular formula is C16H16N4O2S. The summed E-state index contributed by atoms with van der Waals surface area (Å²) in [5.41, 5.74) is 2.80. The number of thioether (sulfide) groups is 1. The second-order valence-electron chi connectivity index (χ2n) is 4.88. The zero-order valence-corrected chi connectivity index (χ0v) is 13.7. The molecule has 3 aromatic rings. The zero-order valence-electron chi connectivity index (χ0n) is 12.9. The Morgan fingerprint density at radius 2 is 2.22 bits per heavy atom. The summed E-state index contributed by atoms with van der Waals surface area (Å²) in [6.07, 6.45) is 6.10. The van der Waals surface area contributed by atoms with Gasteiger partial charge in [0.2, 0.25) is 0 Å². The lowest BCUT2D eigenvalue weighted by Crippen LogP contribution is -2.06. The van der Waals surface area contributed by atoms with Crippen molar-refractivity contribution in [2.45, 2.75) is 18.4 Å². The van der Waals surface area contributed by atoms with Gasteiger partial charge in [0.05, 0.1) is 24.1 Å². The molecule has 3 rings (SSSR count). The molecule has 0 aliphatic rings. The molecule has 1 aromatic carbocycles. The number of benzene rings is 1. The van der Waals surface area contributed by atoms with Crippen molar-refractivity contribution in [1.82, 2.24) is 19.7 Å². The van der Waals surface area contributed by atoms with Gasteiger partial charge in [0, 0.05) is 0 Å². The molecule has 0 N–H and O–H groups in total. The predicted octanol–water partition coefficient (Wildman–Crippen LogP) is 3.10. The van der Waals surface area contributed by atoms with Crippen LogP contribution in [-0.4, -0.2) is 38.6 Å². The van der Waals surface area contributed by atoms with Gasteiger partial charge in [0.1, 0.15) is 22.4 Å². The second kappa shape index (κ2) is 6.78. The van der Waals surface area contributed by atoms with Crippen LogP contribution in [0.5, 0.6) is 0 Å². The minimum atomic E-state index is -0.324. The Bertz CT molecular complexity index is 847. The molecule has 7 heteroatoms. The Labute approximate surface area is 137 Å². The molecular weight excluding hydrogens is 312 g/mol. The van der Waals surface area contributed by atoms with Crippen LogP contribution in [-0.2, 0) is 4.74 Å². The van der Waals surface area contributed by atoms with E-state index >= 15 is 0 Å². The van der Waals surface area contributed by atoms with Crippen molar-refractivity contribution in [2.24, 2.45) is 0 Å². The lowest BCUT2D eigenvalue weighted by molar-refractivity contribution is 0.0505. The van der Waals surface area contributed by atoms with Crippen LogP contribution < -0.4 is 0 Å². The van der Waals surface area contributed by atoms with Gasteiger partial charge in [-0.2, -0.15) is 5.10 Å². The fourth-order valence-electron chi connectivity index (χ4n) is 2.15. The van der Waals surface area contributed by atoms with Crippen LogP contribution in [0.25, 0.3) is 16.7 Å². The smallest absolute Gasteiger partial charge is 0.338 e. The number of rotatable bonds is 5. The van der Waals surface area contributed by atoms with Gasteiger partial charge in [-0.15, -0.1) is 11.8 Å². The number of hydrogen-bond acceptors (Lipinski definition) is 6. The molecule has 0 unspecified atom stereocenters. The molecule has 0 bridgehead atoms. The summed E-state index contributed by atoms with van der Waals surface area (Å²) in [5.74, 6) is -0.324. The highest BCUT2D eigenvalue weighted by atomic mass is 32.2. The van der Waals surface area contributed by atoms with Gasteiger partial charge in [-0.05, 0) is 30.9 Å². The topological polar surface area (TPSA) is 69.9 Å². The van der Waals surface area contributed by atoms with E-state index in [0.29, 0.717) is 12.2 Å². The number of carbonyl (C=O) groups is 1. The maximum atomic E-state index is 12.0. The summed E-state index contributed by atoms with van der Waals surface area (Å²) < 4.78 is 6.87. The number of fused-ring (bicyclic) bond motifs is 1. The van der Waals surface area contributed by atoms with E-state index < -0.39 is 0 Å². The van der Waals surface area contributed by atoms with E-state index in [0.717, 1.165) is 28.2 Å². The van der Waals surface area contributed by atoms with Crippen LogP contribution in [0.2, 0.25) is 0 Å². The molecule has 118 valence electrons. The minimum absolute atomic E-state index is 0.324. The number of ether oxygens (including phenoxy) is 1. The molecule has 0 saturated carbocycles. The normalized spacial score (nSPS) is 10.9. The minimum Gasteiger partial charge on any atom is -0.462 e. The molecule has 0 radical (unpaired) electrons. The Morgan fingerprint density at radius 1 is 1.35 bits per heavy atom. The quantitative estimate of drug-likeness (QED) is 0.407. The van der Waals surface area contributed by atoms with Crippen LogP contribution in [0, 0.1) is 0 Å². The van der Waals surface area contributed by atoms with Gasteiger partial charge < -0.3 is 4.74 Å². The van der Waals surface area contributed by atoms with E-state index in [-0.39, 0.29) is 5.97 Å². The van der Waals surface area contributed by atoms with E-state index in [1.807, 2.05) is 31.5 Å². The summed E-state index contributed by atoms with van der Waals surface area (Å²) in [6, 6.07) is 7.19. The van der Waals surface area contributed by atoms with E-state index in [9.17, 15) is 4.79 Å². The second-order valence-corrected chi connectivity index (χ2v) is 5.67. The molecule has 23 heavy (non-hydrogen) atoms. The van der Waals surface area contributed by atoms with Crippen molar-refractivity contribution in [3.05, 3.63) is 42.4 Å². The Balaban J connectivity index is 1.97. The van der Waals surface area contributed by atoms with Crippen LogP contribution >= 0.6 is 11.8 Å². The first kappa shape index (κ1) is 15.5. The highest BCUT2D eigenvalue weighted by Crippen LogP contribution is 2.22. The molecule has 0 spiro atoms. The molecule has 2 heterocycles. The maximum Gasteiger partial charge on any atom is 0.338 e. The lowest BCUT2D eigenvalue weighted by atomic mass is 10.2. The molecule has 2 aromatic heterocycles. The highest BCUT2D eigenvalue weighted by Gasteiger charge is 2.11. The van der Waals surface area contributed by atoms with Gasteiger partial charge in [-0.1, -0.05) is 13.0 Å². The zero-order chi connectivity index (χ0) is 16.2. The van der Waals surface area contributed by atoms with Crippen LogP contribution in [0.15, 0.2) is 41.8 Å². The predicted molar refractivity (Wildman–Crippen MR) is 89.0 cm³/mol. The first-order valence-electron chi connectivity index (χ1n) is 7.25. The van der Waals surface area contributed by atoms with E-state index in [2.05, 4.69) is 15.1 Å². The van der Waals surface area contributed by atoms with E-state index in [1.54, 1.807) is 16.8 Å². The number of esters is 1. The average molecular weight is 328 g/mol. The molecule has 0 amide bonds. The highest BCUT2D eigenvalue weighted by molar-refractivity contribution is 7.98. The molecule has 0 aliphatic heterocycles. The van der Waals surface area contributed by atoms with Crippen molar-refractivity contribution in [3.63, 3.8) is 0 Å². The largest absolute Gasteiger partial charge is 0.462 e. The van der Waals surface area contributed by atoms with Crippen LogP contribution in [0.4, 0.5) is 0 Å². The summed E-state index contributed by atoms with van der Waals surface area (Å²) in [5, 5.41) is 5.36. The van der Waals surface area contributed by atoms with Gasteiger partial charge in [0.25, 0.3) is 0 Å². The van der Waals surface area contributed by atoms with Gasteiger partial charge in [-0.25, -0.2) is 19.4 Å². The average Bonchev–Trinajstić information content (AvgIpc) is 3.04. The number of carbonyl (C=O) groups excluding carboxylic acids is 1. The van der Waals surface area contributed by atoms with Crippen molar-refractivity contribution < 1.29 is 9.53 Å². The third-order valence-corrected chi connectivity index (χ3v) is 3.93. The molecule has 0 fully saturated rings. The van der Waals surface area contributed by atoms with E-state index in [1.165, 1.54) is 18.1 Å². The number of aromatic nitrogens is 4. The van der Waals surface area contributed by atoms with Crippen molar-refractivity contribution in [2.75, 3.05) is 12.9 Å². The third-order valence-electron chi connectivity index (χ3n) is 3.25. The van der Waals surface area contributed by atoms with Gasteiger partial charge >= 0.3 is 5.97 Å². The molecule has 0 atom stereocenters. The van der Waals surface area contributed by atoms with Crippen LogP contribution in [0.3, 0.4) is 0 Å². The van der Waals surface area contributed by atoms with E-state index in [4.69, 9.17) is 4.74 Å². The first-order valence-corrected chi connectivity index (χ1v) is 8.47. The monoisotopic (exact) mass is 328 g/mol. The molecule has 0 saturated heterocycles. The van der Waals surface area contributed by atoms with Gasteiger partial charge in [-0.3, -0.25) is 0 Å². The Kier molecular flexibility index (Phi) is 4.57. The summed E-state index contributed by atoms with van der Waals surface area (Å²) in [4.78, 5) is 20.4. The number of hydrogen-bond donors (Lipinski definition) is 0. The van der Waals surface area contributed by atoms with Crippen LogP contribution in [0.1, 0.15) is 23.7 Å². The fourth-order valence-corrected chi connectivity index (χ4v) is 2.64. The van der Waals surface area contributed by atoms with Gasteiger partial charge in [0.15, 0.2) is 0 Å².